The summed E-state index contributed by atoms with van der Waals surface area (Å²) in [6.45, 7) is 5.16. The number of carbonyl (C=O) groups is 2. The van der Waals surface area contributed by atoms with E-state index in [9.17, 15) is 9.59 Å². The first-order chi connectivity index (χ1) is 14.5. The van der Waals surface area contributed by atoms with E-state index in [-0.39, 0.29) is 11.8 Å². The van der Waals surface area contributed by atoms with Crippen molar-refractivity contribution in [2.75, 3.05) is 17.2 Å². The van der Waals surface area contributed by atoms with Gasteiger partial charge in [-0.15, -0.1) is 23.1 Å². The van der Waals surface area contributed by atoms with Crippen LogP contribution in [-0.4, -0.2) is 29.0 Å². The quantitative estimate of drug-likeness (QED) is 0.585. The van der Waals surface area contributed by atoms with Gasteiger partial charge in [0, 0.05) is 17.9 Å². The van der Waals surface area contributed by atoms with E-state index in [2.05, 4.69) is 31.2 Å². The molecule has 1 aromatic heterocycles. The Labute approximate surface area is 184 Å². The number of carbonyl (C=O) groups excluding carboxylic acids is 2. The van der Waals surface area contributed by atoms with Crippen LogP contribution in [0.4, 0.5) is 5.69 Å². The molecule has 4 nitrogen and oxygen atoms in total. The summed E-state index contributed by atoms with van der Waals surface area (Å²) >= 11 is 3.01. The van der Waals surface area contributed by atoms with Crippen molar-refractivity contribution in [2.24, 2.45) is 0 Å². The van der Waals surface area contributed by atoms with Crippen LogP contribution in [0.5, 0.6) is 0 Å². The third-order valence-electron chi connectivity index (χ3n) is 5.75. The first-order valence-electron chi connectivity index (χ1n) is 9.99. The van der Waals surface area contributed by atoms with Crippen molar-refractivity contribution < 1.29 is 9.59 Å². The number of aryl methyl sites for hydroxylation is 2. The van der Waals surface area contributed by atoms with Gasteiger partial charge in [0.2, 0.25) is 0 Å². The SMILES string of the molecule is Cc1cccc(CN2C(=O)C3(SCCN3C(=O)c3cccs3)c3cc(C)ccc32)c1. The molecule has 1 unspecified atom stereocenters. The molecule has 2 aliphatic rings. The van der Waals surface area contributed by atoms with Crippen molar-refractivity contribution in [3.05, 3.63) is 87.1 Å². The molecule has 3 aromatic rings. The third kappa shape index (κ3) is 2.89. The van der Waals surface area contributed by atoms with Crippen molar-refractivity contribution in [2.45, 2.75) is 25.3 Å². The molecular weight excluding hydrogens is 412 g/mol. The molecule has 0 aliphatic carbocycles. The van der Waals surface area contributed by atoms with E-state index in [0.29, 0.717) is 18.0 Å². The second kappa shape index (κ2) is 7.29. The van der Waals surface area contributed by atoms with Crippen LogP contribution in [0.2, 0.25) is 0 Å². The van der Waals surface area contributed by atoms with Gasteiger partial charge in [0.1, 0.15) is 0 Å². The summed E-state index contributed by atoms with van der Waals surface area (Å²) < 4.78 is 0. The van der Waals surface area contributed by atoms with Gasteiger partial charge in [-0.05, 0) is 36.9 Å². The largest absolute Gasteiger partial charge is 0.310 e. The molecule has 1 atom stereocenters. The Kier molecular flexibility index (Phi) is 4.71. The van der Waals surface area contributed by atoms with Gasteiger partial charge in [0.05, 0.1) is 17.1 Å². The van der Waals surface area contributed by atoms with Crippen molar-refractivity contribution in [3.63, 3.8) is 0 Å². The second-order valence-corrected chi connectivity index (χ2v) is 10.1. The summed E-state index contributed by atoms with van der Waals surface area (Å²) in [5.41, 5.74) is 5.20. The Morgan fingerprint density at radius 3 is 2.67 bits per heavy atom. The lowest BCUT2D eigenvalue weighted by Gasteiger charge is -2.33. The summed E-state index contributed by atoms with van der Waals surface area (Å²) in [5, 5.41) is 1.90. The predicted molar refractivity (Wildman–Crippen MR) is 123 cm³/mol. The van der Waals surface area contributed by atoms with Gasteiger partial charge in [0.25, 0.3) is 11.8 Å². The molecule has 2 aromatic carbocycles. The summed E-state index contributed by atoms with van der Waals surface area (Å²) in [7, 11) is 0. The number of hydrogen-bond donors (Lipinski definition) is 0. The van der Waals surface area contributed by atoms with E-state index in [1.807, 2.05) is 47.5 Å². The average Bonchev–Trinajstić information content (AvgIpc) is 3.45. The van der Waals surface area contributed by atoms with Crippen molar-refractivity contribution in [1.29, 1.82) is 0 Å². The number of thiophene rings is 1. The standard InChI is InChI=1S/C24H22N2O2S2/c1-16-5-3-6-18(13-16)15-25-20-9-8-17(2)14-19(20)24(23(25)28)26(10-12-30-24)22(27)21-7-4-11-29-21/h3-9,11,13-14H,10,12,15H2,1-2H3. The van der Waals surface area contributed by atoms with Crippen molar-refractivity contribution in [3.8, 4) is 0 Å². The first-order valence-corrected chi connectivity index (χ1v) is 11.9. The molecule has 0 bridgehead atoms. The molecule has 0 saturated carbocycles. The molecule has 0 N–H and O–H groups in total. The average molecular weight is 435 g/mol. The van der Waals surface area contributed by atoms with Crippen LogP contribution in [0.15, 0.2) is 60.0 Å². The summed E-state index contributed by atoms with van der Waals surface area (Å²) in [4.78, 5) is 30.7. The number of amides is 2. The van der Waals surface area contributed by atoms with Crippen LogP contribution in [0, 0.1) is 13.8 Å². The molecule has 152 valence electrons. The van der Waals surface area contributed by atoms with Crippen molar-refractivity contribution in [1.82, 2.24) is 4.90 Å². The molecule has 0 radical (unpaired) electrons. The Morgan fingerprint density at radius 2 is 1.90 bits per heavy atom. The lowest BCUT2D eigenvalue weighted by Crippen LogP contribution is -2.50. The van der Waals surface area contributed by atoms with E-state index in [1.165, 1.54) is 16.9 Å². The van der Waals surface area contributed by atoms with E-state index in [4.69, 9.17) is 0 Å². The maximum absolute atomic E-state index is 14.0. The summed E-state index contributed by atoms with van der Waals surface area (Å²) in [5.74, 6) is 0.666. The highest BCUT2D eigenvalue weighted by Gasteiger charge is 2.59. The van der Waals surface area contributed by atoms with Crippen LogP contribution in [-0.2, 0) is 16.2 Å². The second-order valence-electron chi connectivity index (χ2n) is 7.83. The van der Waals surface area contributed by atoms with Crippen LogP contribution in [0.25, 0.3) is 0 Å². The zero-order valence-electron chi connectivity index (χ0n) is 16.9. The third-order valence-corrected chi connectivity index (χ3v) is 8.03. The normalized spacial score (nSPS) is 20.3. The maximum Gasteiger partial charge on any atom is 0.268 e. The minimum absolute atomic E-state index is 0.0167. The smallest absolute Gasteiger partial charge is 0.268 e. The maximum atomic E-state index is 14.0. The molecule has 2 amide bonds. The fraction of sp³-hybridized carbons (Fsp3) is 0.250. The Morgan fingerprint density at radius 1 is 1.07 bits per heavy atom. The summed E-state index contributed by atoms with van der Waals surface area (Å²) in [6, 6.07) is 18.1. The van der Waals surface area contributed by atoms with E-state index < -0.39 is 4.87 Å². The number of hydrogen-bond acceptors (Lipinski definition) is 4. The highest BCUT2D eigenvalue weighted by molar-refractivity contribution is 8.01. The van der Waals surface area contributed by atoms with Gasteiger partial charge in [-0.25, -0.2) is 0 Å². The van der Waals surface area contributed by atoms with Crippen LogP contribution < -0.4 is 4.90 Å². The highest BCUT2D eigenvalue weighted by Crippen LogP contribution is 2.55. The highest BCUT2D eigenvalue weighted by atomic mass is 32.2. The lowest BCUT2D eigenvalue weighted by molar-refractivity contribution is -0.123. The molecular formula is C24H22N2O2S2. The summed E-state index contributed by atoms with van der Waals surface area (Å²) in [6.07, 6.45) is 0. The fourth-order valence-electron chi connectivity index (χ4n) is 4.41. The topological polar surface area (TPSA) is 40.6 Å². The van der Waals surface area contributed by atoms with Gasteiger partial charge < -0.3 is 9.80 Å². The lowest BCUT2D eigenvalue weighted by atomic mass is 10.0. The van der Waals surface area contributed by atoms with Crippen molar-refractivity contribution >= 4 is 40.6 Å². The molecule has 6 heteroatoms. The number of rotatable bonds is 3. The molecule has 2 aliphatic heterocycles. The Balaban J connectivity index is 1.61. The number of benzene rings is 2. The molecule has 1 saturated heterocycles. The minimum Gasteiger partial charge on any atom is -0.310 e. The van der Waals surface area contributed by atoms with Gasteiger partial charge in [-0.1, -0.05) is 53.6 Å². The van der Waals surface area contributed by atoms with E-state index in [0.717, 1.165) is 28.1 Å². The van der Waals surface area contributed by atoms with Gasteiger partial charge in [-0.3, -0.25) is 9.59 Å². The van der Waals surface area contributed by atoms with Gasteiger partial charge in [0.15, 0.2) is 4.87 Å². The monoisotopic (exact) mass is 434 g/mol. The van der Waals surface area contributed by atoms with Gasteiger partial charge in [-0.2, -0.15) is 0 Å². The van der Waals surface area contributed by atoms with Gasteiger partial charge >= 0.3 is 0 Å². The number of nitrogens with zero attached hydrogens (tertiary/aromatic N) is 2. The molecule has 5 rings (SSSR count). The van der Waals surface area contributed by atoms with Crippen LogP contribution in [0.1, 0.15) is 31.9 Å². The first kappa shape index (κ1) is 19.4. The van der Waals surface area contributed by atoms with E-state index in [1.54, 1.807) is 16.7 Å². The molecule has 1 fully saturated rings. The molecule has 1 spiro atoms. The molecule has 30 heavy (non-hydrogen) atoms. The number of fused-ring (bicyclic) bond motifs is 2. The van der Waals surface area contributed by atoms with Crippen LogP contribution >= 0.6 is 23.1 Å². The van der Waals surface area contributed by atoms with Crippen LogP contribution in [0.3, 0.4) is 0 Å². The predicted octanol–water partition coefficient (Wildman–Crippen LogP) is 4.95. The minimum atomic E-state index is -0.980. The van der Waals surface area contributed by atoms with E-state index >= 15 is 0 Å². The Bertz CT molecular complexity index is 1140. The molecule has 3 heterocycles. The zero-order valence-corrected chi connectivity index (χ0v) is 18.6. The fourth-order valence-corrected chi connectivity index (χ4v) is 6.54. The number of thioether (sulfide) groups is 1. The zero-order chi connectivity index (χ0) is 20.9. The Hall–Kier alpha value is -2.57. The number of anilines is 1.